The molecule has 2 rings (SSSR count). The number of hydrogen-bond acceptors (Lipinski definition) is 2. The third-order valence-corrected chi connectivity index (χ3v) is 1.88. The molecule has 0 radical (unpaired) electrons. The van der Waals surface area contributed by atoms with Crippen LogP contribution in [0.1, 0.15) is 0 Å². The van der Waals surface area contributed by atoms with Crippen LogP contribution in [0.5, 0.6) is 0 Å². The largest absolute Gasteiger partial charge is 0.261 e. The van der Waals surface area contributed by atoms with E-state index >= 15 is 0 Å². The van der Waals surface area contributed by atoms with Crippen LogP contribution in [0.3, 0.4) is 0 Å². The Kier molecular flexibility index (Phi) is 1.66. The Morgan fingerprint density at radius 3 is 2.92 bits per heavy atom. The van der Waals surface area contributed by atoms with Gasteiger partial charge in [-0.3, -0.25) is 9.97 Å². The maximum Gasteiger partial charge on any atom is 0.167 e. The molecule has 0 aliphatic carbocycles. The maximum absolute atomic E-state index is 13.0. The maximum atomic E-state index is 13.0. The molecular formula is C8H4ClFN2. The van der Waals surface area contributed by atoms with E-state index < -0.39 is 5.82 Å². The first-order chi connectivity index (χ1) is 5.79. The molecule has 0 fully saturated rings. The van der Waals surface area contributed by atoms with Crippen LogP contribution < -0.4 is 0 Å². The van der Waals surface area contributed by atoms with Gasteiger partial charge in [-0.05, 0) is 6.07 Å². The molecule has 2 heterocycles. The second kappa shape index (κ2) is 2.68. The third kappa shape index (κ3) is 1.02. The number of hydrogen-bond donors (Lipinski definition) is 0. The van der Waals surface area contributed by atoms with Gasteiger partial charge in [-0.2, -0.15) is 0 Å². The second-order valence-corrected chi connectivity index (χ2v) is 2.72. The average Bonchev–Trinajstić information content (AvgIpc) is 2.07. The van der Waals surface area contributed by atoms with Gasteiger partial charge in [0.05, 0.1) is 11.2 Å². The topological polar surface area (TPSA) is 25.8 Å². The summed E-state index contributed by atoms with van der Waals surface area (Å²) in [5.41, 5.74) is 0.262. The van der Waals surface area contributed by atoms with E-state index in [9.17, 15) is 4.39 Å². The molecule has 2 aromatic heterocycles. The summed E-state index contributed by atoms with van der Waals surface area (Å²) in [6.07, 6.45) is 4.08. The van der Waals surface area contributed by atoms with Crippen molar-refractivity contribution in [3.8, 4) is 0 Å². The Hall–Kier alpha value is -1.22. The molecule has 0 aromatic carbocycles. The van der Waals surface area contributed by atoms with Crippen LogP contribution in [0.15, 0.2) is 24.7 Å². The van der Waals surface area contributed by atoms with E-state index in [0.29, 0.717) is 10.4 Å². The summed E-state index contributed by atoms with van der Waals surface area (Å²) in [5, 5.41) is 1.01. The molecule has 0 unspecified atom stereocenters. The zero-order chi connectivity index (χ0) is 8.55. The van der Waals surface area contributed by atoms with E-state index in [1.165, 1.54) is 12.4 Å². The van der Waals surface area contributed by atoms with Crippen molar-refractivity contribution >= 4 is 22.5 Å². The predicted octanol–water partition coefficient (Wildman–Crippen LogP) is 2.42. The quantitative estimate of drug-likeness (QED) is 0.625. The van der Waals surface area contributed by atoms with Gasteiger partial charge >= 0.3 is 0 Å². The molecule has 2 nitrogen and oxygen atoms in total. The highest BCUT2D eigenvalue weighted by molar-refractivity contribution is 6.35. The lowest BCUT2D eigenvalue weighted by atomic mass is 10.3. The molecule has 0 bridgehead atoms. The van der Waals surface area contributed by atoms with Crippen molar-refractivity contribution in [1.29, 1.82) is 0 Å². The summed E-state index contributed by atoms with van der Waals surface area (Å²) in [4.78, 5) is 7.52. The molecule has 60 valence electrons. The van der Waals surface area contributed by atoms with Gasteiger partial charge in [0.2, 0.25) is 0 Å². The molecule has 0 saturated heterocycles. The van der Waals surface area contributed by atoms with Gasteiger partial charge in [0.1, 0.15) is 5.52 Å². The van der Waals surface area contributed by atoms with E-state index in [1.807, 2.05) is 0 Å². The first kappa shape index (κ1) is 7.43. The average molecular weight is 183 g/mol. The van der Waals surface area contributed by atoms with Crippen molar-refractivity contribution in [3.05, 3.63) is 35.5 Å². The van der Waals surface area contributed by atoms with E-state index in [2.05, 4.69) is 9.97 Å². The van der Waals surface area contributed by atoms with Gasteiger partial charge in [0, 0.05) is 17.8 Å². The van der Waals surface area contributed by atoms with Gasteiger partial charge < -0.3 is 0 Å². The second-order valence-electron chi connectivity index (χ2n) is 2.31. The van der Waals surface area contributed by atoms with E-state index in [0.717, 1.165) is 6.20 Å². The van der Waals surface area contributed by atoms with Crippen molar-refractivity contribution in [2.45, 2.75) is 0 Å². The molecular weight excluding hydrogens is 179 g/mol. The lowest BCUT2D eigenvalue weighted by Gasteiger charge is -1.97. The van der Waals surface area contributed by atoms with Crippen LogP contribution in [0, 0.1) is 5.82 Å². The van der Waals surface area contributed by atoms with Gasteiger partial charge in [-0.15, -0.1) is 0 Å². The minimum absolute atomic E-state index is 0.262. The summed E-state index contributed by atoms with van der Waals surface area (Å²) in [6, 6.07) is 1.60. The summed E-state index contributed by atoms with van der Waals surface area (Å²) in [6.45, 7) is 0. The first-order valence-corrected chi connectivity index (χ1v) is 3.70. The highest BCUT2D eigenvalue weighted by Gasteiger charge is 2.03. The smallest absolute Gasteiger partial charge is 0.167 e. The number of halogens is 2. The fourth-order valence-corrected chi connectivity index (χ4v) is 1.20. The monoisotopic (exact) mass is 182 g/mol. The number of nitrogens with zero attached hydrogens (tertiary/aromatic N) is 2. The number of fused-ring (bicyclic) bond motifs is 1. The molecule has 0 aliphatic rings. The molecule has 0 saturated carbocycles. The molecule has 2 aromatic rings. The van der Waals surface area contributed by atoms with Crippen LogP contribution >= 0.6 is 11.6 Å². The standard InChI is InChI=1S/C8H4ClFN2/c9-6-1-2-12-8-5(6)3-11-4-7(8)10/h1-4H. The number of pyridine rings is 2. The molecule has 4 heteroatoms. The van der Waals surface area contributed by atoms with Crippen LogP contribution in [0.2, 0.25) is 5.02 Å². The zero-order valence-electron chi connectivity index (χ0n) is 5.96. The number of rotatable bonds is 0. The van der Waals surface area contributed by atoms with Crippen molar-refractivity contribution in [2.75, 3.05) is 0 Å². The summed E-state index contributed by atoms with van der Waals surface area (Å²) < 4.78 is 13.0. The first-order valence-electron chi connectivity index (χ1n) is 3.33. The minimum atomic E-state index is -0.449. The van der Waals surface area contributed by atoms with Crippen molar-refractivity contribution in [2.24, 2.45) is 0 Å². The fourth-order valence-electron chi connectivity index (χ4n) is 1.00. The zero-order valence-corrected chi connectivity index (χ0v) is 6.72. The fraction of sp³-hybridized carbons (Fsp3) is 0. The van der Waals surface area contributed by atoms with E-state index in [-0.39, 0.29) is 5.52 Å². The van der Waals surface area contributed by atoms with Crippen LogP contribution in [-0.4, -0.2) is 9.97 Å². The Bertz CT molecular complexity index is 389. The predicted molar refractivity (Wildman–Crippen MR) is 44.5 cm³/mol. The molecule has 0 amide bonds. The highest BCUT2D eigenvalue weighted by atomic mass is 35.5. The van der Waals surface area contributed by atoms with Crippen LogP contribution in [0.4, 0.5) is 4.39 Å². The van der Waals surface area contributed by atoms with E-state index in [4.69, 9.17) is 11.6 Å². The van der Waals surface area contributed by atoms with Crippen LogP contribution in [-0.2, 0) is 0 Å². The SMILES string of the molecule is Fc1cncc2c(Cl)ccnc12. The molecule has 0 atom stereocenters. The van der Waals surface area contributed by atoms with Crippen molar-refractivity contribution < 1.29 is 4.39 Å². The Morgan fingerprint density at radius 2 is 2.17 bits per heavy atom. The summed E-state index contributed by atoms with van der Waals surface area (Å²) >= 11 is 5.78. The van der Waals surface area contributed by atoms with Crippen molar-refractivity contribution in [3.63, 3.8) is 0 Å². The van der Waals surface area contributed by atoms with Gasteiger partial charge in [-0.25, -0.2) is 4.39 Å². The van der Waals surface area contributed by atoms with Gasteiger partial charge in [0.25, 0.3) is 0 Å². The van der Waals surface area contributed by atoms with E-state index in [1.54, 1.807) is 6.07 Å². The summed E-state index contributed by atoms with van der Waals surface area (Å²) in [5.74, 6) is -0.449. The molecule has 12 heavy (non-hydrogen) atoms. The third-order valence-electron chi connectivity index (χ3n) is 1.55. The molecule has 0 aliphatic heterocycles. The van der Waals surface area contributed by atoms with Crippen molar-refractivity contribution in [1.82, 2.24) is 9.97 Å². The normalized spacial score (nSPS) is 10.5. The molecule has 0 N–H and O–H groups in total. The lowest BCUT2D eigenvalue weighted by molar-refractivity contribution is 0.631. The Morgan fingerprint density at radius 1 is 1.33 bits per heavy atom. The highest BCUT2D eigenvalue weighted by Crippen LogP contribution is 2.21. The minimum Gasteiger partial charge on any atom is -0.261 e. The Labute approximate surface area is 73.0 Å². The number of aromatic nitrogens is 2. The van der Waals surface area contributed by atoms with Crippen LogP contribution in [0.25, 0.3) is 10.9 Å². The summed E-state index contributed by atoms with van der Waals surface area (Å²) in [7, 11) is 0. The van der Waals surface area contributed by atoms with Gasteiger partial charge in [-0.1, -0.05) is 11.6 Å². The Balaban J connectivity index is 2.94. The van der Waals surface area contributed by atoms with Gasteiger partial charge in [0.15, 0.2) is 5.82 Å². The molecule has 0 spiro atoms. The lowest BCUT2D eigenvalue weighted by Crippen LogP contribution is -1.85.